The molecular formula is C14H8F4N2. The smallest absolute Gasteiger partial charge is 0.161 e. The number of rotatable bonds is 2. The predicted molar refractivity (Wildman–Crippen MR) is 65.2 cm³/mol. The molecule has 0 spiro atoms. The number of hydrogen-bond donors (Lipinski definition) is 1. The molecule has 1 aromatic heterocycles. The fraction of sp³-hybridized carbons (Fsp3) is 0.0714. The fourth-order valence-corrected chi connectivity index (χ4v) is 1.98. The van der Waals surface area contributed by atoms with Crippen LogP contribution in [0.2, 0.25) is 0 Å². The summed E-state index contributed by atoms with van der Waals surface area (Å²) in [7, 11) is 0. The van der Waals surface area contributed by atoms with Crippen LogP contribution in [-0.4, -0.2) is 9.97 Å². The first kappa shape index (κ1) is 12.7. The minimum absolute atomic E-state index is 0.203. The molecule has 20 heavy (non-hydrogen) atoms. The minimum atomic E-state index is -0.983. The van der Waals surface area contributed by atoms with Crippen molar-refractivity contribution in [2.45, 2.75) is 6.42 Å². The molecule has 0 aliphatic heterocycles. The maximum absolute atomic E-state index is 13.1. The molecule has 0 fully saturated rings. The molecule has 102 valence electrons. The lowest BCUT2D eigenvalue weighted by Crippen LogP contribution is -1.93. The first-order valence-electron chi connectivity index (χ1n) is 5.80. The topological polar surface area (TPSA) is 28.7 Å². The zero-order chi connectivity index (χ0) is 14.3. The largest absolute Gasteiger partial charge is 0.342 e. The van der Waals surface area contributed by atoms with Gasteiger partial charge in [0.2, 0.25) is 0 Å². The first-order chi connectivity index (χ1) is 9.52. The van der Waals surface area contributed by atoms with Crippen LogP contribution in [0, 0.1) is 23.3 Å². The molecule has 2 nitrogen and oxygen atoms in total. The summed E-state index contributed by atoms with van der Waals surface area (Å²) in [6, 6.07) is 5.49. The van der Waals surface area contributed by atoms with Gasteiger partial charge in [-0.3, -0.25) is 0 Å². The monoisotopic (exact) mass is 280 g/mol. The molecule has 6 heteroatoms. The van der Waals surface area contributed by atoms with Crippen molar-refractivity contribution >= 4 is 11.0 Å². The van der Waals surface area contributed by atoms with E-state index in [-0.39, 0.29) is 11.9 Å². The highest BCUT2D eigenvalue weighted by Gasteiger charge is 2.10. The Bertz CT molecular complexity index is 756. The summed E-state index contributed by atoms with van der Waals surface area (Å²) in [5.41, 5.74) is 1.13. The summed E-state index contributed by atoms with van der Waals surface area (Å²) < 4.78 is 52.0. The van der Waals surface area contributed by atoms with E-state index in [1.807, 2.05) is 0 Å². The number of halogens is 4. The van der Waals surface area contributed by atoms with Gasteiger partial charge in [-0.1, -0.05) is 6.07 Å². The Morgan fingerprint density at radius 2 is 1.55 bits per heavy atom. The normalized spacial score (nSPS) is 11.2. The van der Waals surface area contributed by atoms with E-state index < -0.39 is 23.3 Å². The van der Waals surface area contributed by atoms with Crippen LogP contribution in [0.1, 0.15) is 11.4 Å². The van der Waals surface area contributed by atoms with Gasteiger partial charge in [-0.25, -0.2) is 22.5 Å². The van der Waals surface area contributed by atoms with Crippen LogP contribution in [0.3, 0.4) is 0 Å². The molecule has 0 atom stereocenters. The number of aromatic amines is 1. The van der Waals surface area contributed by atoms with E-state index in [4.69, 9.17) is 0 Å². The van der Waals surface area contributed by atoms with Crippen molar-refractivity contribution in [3.8, 4) is 0 Å². The number of imidazole rings is 1. The van der Waals surface area contributed by atoms with Gasteiger partial charge in [0, 0.05) is 18.6 Å². The van der Waals surface area contributed by atoms with E-state index >= 15 is 0 Å². The number of aromatic nitrogens is 2. The van der Waals surface area contributed by atoms with E-state index in [1.54, 1.807) is 0 Å². The quantitative estimate of drug-likeness (QED) is 0.712. The Morgan fingerprint density at radius 1 is 0.850 bits per heavy atom. The summed E-state index contributed by atoms with van der Waals surface area (Å²) in [5, 5.41) is 0. The summed E-state index contributed by atoms with van der Waals surface area (Å²) in [5.74, 6) is -3.42. The number of nitrogens with zero attached hydrogens (tertiary/aromatic N) is 1. The van der Waals surface area contributed by atoms with Crippen molar-refractivity contribution in [1.82, 2.24) is 9.97 Å². The van der Waals surface area contributed by atoms with E-state index in [0.717, 1.165) is 24.3 Å². The fourth-order valence-electron chi connectivity index (χ4n) is 1.98. The summed E-state index contributed by atoms with van der Waals surface area (Å²) in [6.07, 6.45) is 0.203. The van der Waals surface area contributed by atoms with Gasteiger partial charge < -0.3 is 4.98 Å². The SMILES string of the molecule is Fc1ccc(Cc2nc3cc(F)c(F)cc3[nH]2)cc1F. The highest BCUT2D eigenvalue weighted by molar-refractivity contribution is 5.75. The maximum atomic E-state index is 13.1. The first-order valence-corrected chi connectivity index (χ1v) is 5.80. The van der Waals surface area contributed by atoms with Gasteiger partial charge in [0.1, 0.15) is 5.82 Å². The van der Waals surface area contributed by atoms with Crippen LogP contribution in [0.4, 0.5) is 17.6 Å². The molecule has 0 radical (unpaired) electrons. The van der Waals surface area contributed by atoms with Gasteiger partial charge >= 0.3 is 0 Å². The lowest BCUT2D eigenvalue weighted by atomic mass is 10.1. The van der Waals surface area contributed by atoms with Crippen LogP contribution >= 0.6 is 0 Å². The van der Waals surface area contributed by atoms with Gasteiger partial charge in [0.25, 0.3) is 0 Å². The zero-order valence-electron chi connectivity index (χ0n) is 10.1. The van der Waals surface area contributed by atoms with E-state index in [0.29, 0.717) is 16.9 Å². The number of H-pyrrole nitrogens is 1. The van der Waals surface area contributed by atoms with Crippen molar-refractivity contribution in [2.75, 3.05) is 0 Å². The van der Waals surface area contributed by atoms with Gasteiger partial charge in [-0.15, -0.1) is 0 Å². The van der Waals surface area contributed by atoms with Gasteiger partial charge in [-0.2, -0.15) is 0 Å². The zero-order valence-corrected chi connectivity index (χ0v) is 10.1. The maximum Gasteiger partial charge on any atom is 0.161 e. The Balaban J connectivity index is 1.96. The molecular weight excluding hydrogens is 272 g/mol. The highest BCUT2D eigenvalue weighted by Crippen LogP contribution is 2.18. The summed E-state index contributed by atoms with van der Waals surface area (Å²) in [6.45, 7) is 0. The number of hydrogen-bond acceptors (Lipinski definition) is 1. The van der Waals surface area contributed by atoms with Gasteiger partial charge in [-0.05, 0) is 17.7 Å². The average molecular weight is 280 g/mol. The molecule has 2 aromatic carbocycles. The Hall–Kier alpha value is -2.37. The number of fused-ring (bicyclic) bond motifs is 1. The van der Waals surface area contributed by atoms with Gasteiger partial charge in [0.15, 0.2) is 23.3 Å². The van der Waals surface area contributed by atoms with Crippen LogP contribution in [-0.2, 0) is 6.42 Å². The van der Waals surface area contributed by atoms with Crippen molar-refractivity contribution in [3.05, 3.63) is 65.0 Å². The van der Waals surface area contributed by atoms with E-state index in [2.05, 4.69) is 9.97 Å². The third-order valence-electron chi connectivity index (χ3n) is 2.93. The second kappa shape index (κ2) is 4.63. The third kappa shape index (κ3) is 2.24. The van der Waals surface area contributed by atoms with Crippen LogP contribution in [0.15, 0.2) is 30.3 Å². The van der Waals surface area contributed by atoms with E-state index in [1.165, 1.54) is 6.07 Å². The summed E-state index contributed by atoms with van der Waals surface area (Å²) >= 11 is 0. The highest BCUT2D eigenvalue weighted by atomic mass is 19.2. The Morgan fingerprint density at radius 3 is 2.30 bits per heavy atom. The Kier molecular flexibility index (Phi) is 2.93. The predicted octanol–water partition coefficient (Wildman–Crippen LogP) is 3.71. The standard InChI is InChI=1S/C14H8F4N2/c15-8-2-1-7(3-9(8)16)4-14-19-12-5-10(17)11(18)6-13(12)20-14/h1-3,5-6H,4H2,(H,19,20). The van der Waals surface area contributed by atoms with Crippen molar-refractivity contribution in [1.29, 1.82) is 0 Å². The van der Waals surface area contributed by atoms with E-state index in [9.17, 15) is 17.6 Å². The molecule has 0 saturated heterocycles. The number of benzene rings is 2. The van der Waals surface area contributed by atoms with Crippen LogP contribution in [0.5, 0.6) is 0 Å². The molecule has 1 N–H and O–H groups in total. The average Bonchev–Trinajstić information content (AvgIpc) is 2.76. The van der Waals surface area contributed by atoms with Crippen molar-refractivity contribution < 1.29 is 17.6 Å². The van der Waals surface area contributed by atoms with Crippen molar-refractivity contribution in [2.24, 2.45) is 0 Å². The third-order valence-corrected chi connectivity index (χ3v) is 2.93. The number of nitrogens with one attached hydrogen (secondary N) is 1. The Labute approximate surface area is 111 Å². The molecule has 0 aliphatic rings. The molecule has 0 unspecified atom stereocenters. The minimum Gasteiger partial charge on any atom is -0.342 e. The molecule has 0 amide bonds. The van der Waals surface area contributed by atoms with Crippen LogP contribution in [0.25, 0.3) is 11.0 Å². The molecule has 1 heterocycles. The summed E-state index contributed by atoms with van der Waals surface area (Å²) in [4.78, 5) is 6.90. The molecule has 0 bridgehead atoms. The molecule has 3 rings (SSSR count). The second-order valence-electron chi connectivity index (χ2n) is 4.39. The lowest BCUT2D eigenvalue weighted by Gasteiger charge is -1.99. The molecule has 0 saturated carbocycles. The second-order valence-corrected chi connectivity index (χ2v) is 4.39. The molecule has 0 aliphatic carbocycles. The van der Waals surface area contributed by atoms with Crippen LogP contribution < -0.4 is 0 Å². The van der Waals surface area contributed by atoms with Gasteiger partial charge in [0.05, 0.1) is 11.0 Å². The molecule has 3 aromatic rings. The lowest BCUT2D eigenvalue weighted by molar-refractivity contribution is 0.507. The van der Waals surface area contributed by atoms with Crippen molar-refractivity contribution in [3.63, 3.8) is 0 Å².